The van der Waals surface area contributed by atoms with E-state index >= 15 is 0 Å². The molecule has 11 heteroatoms. The fourth-order valence-corrected chi connectivity index (χ4v) is 6.12. The summed E-state index contributed by atoms with van der Waals surface area (Å²) in [6, 6.07) is 0. The van der Waals surface area contributed by atoms with Gasteiger partial charge in [-0.1, -0.05) is 150 Å². The Kier molecular flexibility index (Phi) is 31.2. The van der Waals surface area contributed by atoms with Crippen molar-refractivity contribution in [2.45, 2.75) is 188 Å². The molecular formula is C37H73O10P. The largest absolute Gasteiger partial charge is 0.472 e. The van der Waals surface area contributed by atoms with Crippen molar-refractivity contribution in [3.63, 3.8) is 0 Å². The molecule has 0 aromatic rings. The Labute approximate surface area is 293 Å². The number of ether oxygens (including phenoxy) is 2. The van der Waals surface area contributed by atoms with Crippen LogP contribution in [0.1, 0.15) is 175 Å². The molecule has 4 atom stereocenters. The molecule has 48 heavy (non-hydrogen) atoms. The Morgan fingerprint density at radius 2 is 1.06 bits per heavy atom. The summed E-state index contributed by atoms with van der Waals surface area (Å²) in [4.78, 5) is 34.8. The predicted molar refractivity (Wildman–Crippen MR) is 192 cm³/mol. The van der Waals surface area contributed by atoms with E-state index in [0.29, 0.717) is 12.8 Å². The number of esters is 2. The highest BCUT2D eigenvalue weighted by atomic mass is 31.2. The second kappa shape index (κ2) is 31.9. The maximum Gasteiger partial charge on any atom is 0.472 e. The van der Waals surface area contributed by atoms with Crippen molar-refractivity contribution in [3.05, 3.63) is 0 Å². The minimum Gasteiger partial charge on any atom is -0.462 e. The van der Waals surface area contributed by atoms with Crippen molar-refractivity contribution < 1.29 is 47.8 Å². The summed E-state index contributed by atoms with van der Waals surface area (Å²) in [7, 11) is -4.60. The molecule has 0 aromatic carbocycles. The first-order valence-corrected chi connectivity index (χ1v) is 20.7. The zero-order chi connectivity index (χ0) is 35.9. The van der Waals surface area contributed by atoms with E-state index in [1.165, 1.54) is 83.5 Å². The van der Waals surface area contributed by atoms with E-state index in [4.69, 9.17) is 19.1 Å². The minimum absolute atomic E-state index is 0.189. The van der Waals surface area contributed by atoms with E-state index in [0.717, 1.165) is 50.4 Å². The maximum absolute atomic E-state index is 12.5. The lowest BCUT2D eigenvalue weighted by molar-refractivity contribution is -0.161. The highest BCUT2D eigenvalue weighted by Crippen LogP contribution is 2.43. The van der Waals surface area contributed by atoms with Crippen LogP contribution in [-0.4, -0.2) is 65.7 Å². The van der Waals surface area contributed by atoms with Gasteiger partial charge in [-0.2, -0.15) is 0 Å². The van der Waals surface area contributed by atoms with Crippen LogP contribution in [0.25, 0.3) is 0 Å². The summed E-state index contributed by atoms with van der Waals surface area (Å²) < 4.78 is 32.6. The molecule has 0 aromatic heterocycles. The molecule has 3 N–H and O–H groups in total. The van der Waals surface area contributed by atoms with E-state index in [-0.39, 0.29) is 19.4 Å². The first-order valence-electron chi connectivity index (χ1n) is 19.2. The lowest BCUT2D eigenvalue weighted by Gasteiger charge is -2.20. The van der Waals surface area contributed by atoms with Crippen molar-refractivity contribution in [2.75, 3.05) is 26.4 Å². The van der Waals surface area contributed by atoms with Crippen LogP contribution in [0.5, 0.6) is 0 Å². The quantitative estimate of drug-likeness (QED) is 0.0330. The number of rotatable bonds is 35. The average molecular weight is 709 g/mol. The summed E-state index contributed by atoms with van der Waals surface area (Å²) in [5, 5.41) is 18.3. The van der Waals surface area contributed by atoms with Gasteiger partial charge in [0.05, 0.1) is 19.8 Å². The minimum atomic E-state index is -4.60. The number of unbranched alkanes of at least 4 members (excludes halogenated alkanes) is 16. The van der Waals surface area contributed by atoms with Crippen LogP contribution < -0.4 is 0 Å². The van der Waals surface area contributed by atoms with Gasteiger partial charge in [-0.15, -0.1) is 0 Å². The third kappa shape index (κ3) is 32.2. The van der Waals surface area contributed by atoms with Crippen LogP contribution >= 0.6 is 7.82 Å². The first-order chi connectivity index (χ1) is 23.0. The normalized spacial score (nSPS) is 14.8. The van der Waals surface area contributed by atoms with E-state index < -0.39 is 51.8 Å². The van der Waals surface area contributed by atoms with Gasteiger partial charge in [0, 0.05) is 12.8 Å². The number of carbonyl (C=O) groups is 2. The Bertz CT molecular complexity index is 809. The van der Waals surface area contributed by atoms with Gasteiger partial charge in [0.2, 0.25) is 0 Å². The third-order valence-corrected chi connectivity index (χ3v) is 9.68. The topological polar surface area (TPSA) is 149 Å². The summed E-state index contributed by atoms with van der Waals surface area (Å²) >= 11 is 0. The fraction of sp³-hybridized carbons (Fsp3) is 0.946. The molecule has 0 radical (unpaired) electrons. The fourth-order valence-electron chi connectivity index (χ4n) is 5.33. The number of phosphoric acid groups is 1. The lowest BCUT2D eigenvalue weighted by atomic mass is 10.00. The zero-order valence-electron chi connectivity index (χ0n) is 31.0. The SMILES string of the molecule is CCC(C)CCCCCCCCC(=O)OC[C@H](COP(=O)(O)OC[C@@H](O)CO)OC(=O)CCCCCCCCCCCCCCC(C)C. The van der Waals surface area contributed by atoms with Gasteiger partial charge in [0.25, 0.3) is 0 Å². The molecule has 286 valence electrons. The number of aliphatic hydroxyl groups is 2. The van der Waals surface area contributed by atoms with Crippen LogP contribution in [0.3, 0.4) is 0 Å². The van der Waals surface area contributed by atoms with Crippen LogP contribution in [0.4, 0.5) is 0 Å². The first kappa shape index (κ1) is 47.0. The molecule has 0 saturated carbocycles. The van der Waals surface area contributed by atoms with Crippen molar-refractivity contribution in [2.24, 2.45) is 11.8 Å². The van der Waals surface area contributed by atoms with Crippen LogP contribution in [0.2, 0.25) is 0 Å². The number of phosphoric ester groups is 1. The van der Waals surface area contributed by atoms with Gasteiger partial charge in [0.1, 0.15) is 12.7 Å². The summed E-state index contributed by atoms with van der Waals surface area (Å²) in [6.07, 6.45) is 22.3. The summed E-state index contributed by atoms with van der Waals surface area (Å²) in [5.41, 5.74) is 0. The van der Waals surface area contributed by atoms with Crippen LogP contribution in [0.15, 0.2) is 0 Å². The Balaban J connectivity index is 4.34. The van der Waals surface area contributed by atoms with Gasteiger partial charge in [-0.05, 0) is 24.7 Å². The van der Waals surface area contributed by atoms with Gasteiger partial charge in [0.15, 0.2) is 6.10 Å². The standard InChI is InChI=1S/C37H73O10P/c1-5-33(4)25-21-17-14-15-18-22-26-36(40)44-30-35(31-46-48(42,43)45-29-34(39)28-38)47-37(41)27-23-19-13-11-9-7-6-8-10-12-16-20-24-32(2)3/h32-35,38-39H,5-31H2,1-4H3,(H,42,43)/t33?,34-,35+/m0/s1. The molecule has 0 fully saturated rings. The highest BCUT2D eigenvalue weighted by Gasteiger charge is 2.27. The molecule has 10 nitrogen and oxygen atoms in total. The van der Waals surface area contributed by atoms with Gasteiger partial charge < -0.3 is 24.6 Å². The Hall–Kier alpha value is -1.03. The third-order valence-electron chi connectivity index (χ3n) is 8.73. The van der Waals surface area contributed by atoms with Crippen LogP contribution in [0, 0.1) is 11.8 Å². The molecule has 0 bridgehead atoms. The molecule has 0 aliphatic carbocycles. The summed E-state index contributed by atoms with van der Waals surface area (Å²) in [5.74, 6) is 0.662. The summed E-state index contributed by atoms with van der Waals surface area (Å²) in [6.45, 7) is 6.98. The molecule has 0 saturated heterocycles. The average Bonchev–Trinajstić information content (AvgIpc) is 3.05. The van der Waals surface area contributed by atoms with Crippen molar-refractivity contribution >= 4 is 19.8 Å². The van der Waals surface area contributed by atoms with E-state index in [1.54, 1.807) is 0 Å². The lowest BCUT2D eigenvalue weighted by Crippen LogP contribution is -2.29. The van der Waals surface area contributed by atoms with E-state index in [9.17, 15) is 24.2 Å². The monoisotopic (exact) mass is 708 g/mol. The smallest absolute Gasteiger partial charge is 0.462 e. The van der Waals surface area contributed by atoms with E-state index in [2.05, 4.69) is 32.2 Å². The number of hydrogen-bond donors (Lipinski definition) is 3. The molecule has 0 heterocycles. The highest BCUT2D eigenvalue weighted by molar-refractivity contribution is 7.47. The molecule has 0 aliphatic rings. The molecule has 0 aliphatic heterocycles. The molecule has 0 amide bonds. The predicted octanol–water partition coefficient (Wildman–Crippen LogP) is 9.21. The van der Waals surface area contributed by atoms with Crippen molar-refractivity contribution in [3.8, 4) is 0 Å². The zero-order valence-corrected chi connectivity index (χ0v) is 31.9. The van der Waals surface area contributed by atoms with Crippen molar-refractivity contribution in [1.82, 2.24) is 0 Å². The number of hydrogen-bond acceptors (Lipinski definition) is 9. The van der Waals surface area contributed by atoms with Gasteiger partial charge in [-0.3, -0.25) is 18.6 Å². The van der Waals surface area contributed by atoms with Crippen LogP contribution in [-0.2, 0) is 32.7 Å². The maximum atomic E-state index is 12.5. The number of carbonyl (C=O) groups excluding carboxylic acids is 2. The van der Waals surface area contributed by atoms with Gasteiger partial charge in [-0.25, -0.2) is 4.57 Å². The molecule has 0 rings (SSSR count). The molecule has 0 spiro atoms. The van der Waals surface area contributed by atoms with E-state index in [1.807, 2.05) is 0 Å². The number of aliphatic hydroxyl groups excluding tert-OH is 2. The van der Waals surface area contributed by atoms with Gasteiger partial charge >= 0.3 is 19.8 Å². The molecule has 2 unspecified atom stereocenters. The molecular weight excluding hydrogens is 635 g/mol. The Morgan fingerprint density at radius 1 is 0.625 bits per heavy atom. The second-order valence-electron chi connectivity index (χ2n) is 14.0. The second-order valence-corrected chi connectivity index (χ2v) is 15.5. The Morgan fingerprint density at radius 3 is 1.54 bits per heavy atom. The van der Waals surface area contributed by atoms with Crippen molar-refractivity contribution in [1.29, 1.82) is 0 Å².